The highest BCUT2D eigenvalue weighted by Gasteiger charge is 2.32. The first kappa shape index (κ1) is 15.7. The number of rotatable bonds is 5. The predicted molar refractivity (Wildman–Crippen MR) is 73.5 cm³/mol. The summed E-state index contributed by atoms with van der Waals surface area (Å²) in [4.78, 5) is 22.2. The molecule has 0 aromatic heterocycles. The number of aliphatic carboxylic acids is 1. The minimum Gasteiger partial charge on any atom is -0.478 e. The molecule has 0 radical (unpaired) electrons. The molecule has 0 saturated heterocycles. The molecule has 3 unspecified atom stereocenters. The highest BCUT2D eigenvalue weighted by atomic mass is 16.4. The Labute approximate surface area is 114 Å². The van der Waals surface area contributed by atoms with Crippen LogP contribution in [0.4, 0.5) is 0 Å². The molecule has 1 rings (SSSR count). The van der Waals surface area contributed by atoms with Crippen LogP contribution in [-0.4, -0.2) is 29.1 Å². The van der Waals surface area contributed by atoms with Crippen LogP contribution in [0, 0.1) is 11.8 Å². The minimum absolute atomic E-state index is 0.0131. The molecule has 0 aromatic rings. The van der Waals surface area contributed by atoms with Crippen LogP contribution in [0.5, 0.6) is 0 Å². The fourth-order valence-corrected chi connectivity index (χ4v) is 2.69. The van der Waals surface area contributed by atoms with E-state index >= 15 is 0 Å². The van der Waals surface area contributed by atoms with Gasteiger partial charge in [-0.15, -0.1) is 0 Å². The van der Waals surface area contributed by atoms with Crippen molar-refractivity contribution in [1.29, 1.82) is 0 Å². The van der Waals surface area contributed by atoms with E-state index in [1.807, 2.05) is 0 Å². The minimum atomic E-state index is -0.895. The highest BCUT2D eigenvalue weighted by molar-refractivity contribution is 5.86. The lowest BCUT2D eigenvalue weighted by molar-refractivity contribution is -0.133. The Hall–Kier alpha value is -1.36. The van der Waals surface area contributed by atoms with Crippen LogP contribution in [0.25, 0.3) is 0 Å². The summed E-state index contributed by atoms with van der Waals surface area (Å²) in [5, 5.41) is 11.9. The average Bonchev–Trinajstić information content (AvgIpc) is 2.26. The van der Waals surface area contributed by atoms with Crippen LogP contribution in [-0.2, 0) is 9.59 Å². The van der Waals surface area contributed by atoms with Gasteiger partial charge in [0, 0.05) is 24.6 Å². The Morgan fingerprint density at radius 3 is 2.58 bits per heavy atom. The summed E-state index contributed by atoms with van der Waals surface area (Å²) in [5.41, 5.74) is 6.49. The molecule has 4 N–H and O–H groups in total. The maximum absolute atomic E-state index is 11.3. The van der Waals surface area contributed by atoms with Gasteiger partial charge in [-0.05, 0) is 31.1 Å². The summed E-state index contributed by atoms with van der Waals surface area (Å²) in [6.07, 6.45) is 3.58. The molecule has 5 nitrogen and oxygen atoms in total. The summed E-state index contributed by atoms with van der Waals surface area (Å²) in [6, 6.07) is -0.203. The van der Waals surface area contributed by atoms with Gasteiger partial charge in [0.2, 0.25) is 5.91 Å². The van der Waals surface area contributed by atoms with E-state index in [1.165, 1.54) is 6.92 Å². The lowest BCUT2D eigenvalue weighted by Crippen LogP contribution is -2.48. The molecule has 0 saturated carbocycles. The van der Waals surface area contributed by atoms with E-state index in [-0.39, 0.29) is 23.9 Å². The molecule has 0 bridgehead atoms. The van der Waals surface area contributed by atoms with Crippen LogP contribution >= 0.6 is 0 Å². The molecule has 5 heteroatoms. The largest absolute Gasteiger partial charge is 0.478 e. The third-order valence-corrected chi connectivity index (χ3v) is 3.55. The quantitative estimate of drug-likeness (QED) is 0.700. The van der Waals surface area contributed by atoms with Crippen molar-refractivity contribution in [2.24, 2.45) is 17.6 Å². The zero-order valence-electron chi connectivity index (χ0n) is 11.8. The van der Waals surface area contributed by atoms with Gasteiger partial charge in [0.1, 0.15) is 0 Å². The number of allylic oxidation sites excluding steroid dienone is 1. The predicted octanol–water partition coefficient (Wildman–Crippen LogP) is 1.29. The standard InChI is InChI=1S/C14H24N2O3/c1-8(2)6-13(16-9(3)17)11-5-4-10(14(18)19)7-12(11)15/h4,8,11-13H,5-7,15H2,1-3H3,(H,16,17)(H,18,19). The number of carbonyl (C=O) groups is 2. The summed E-state index contributed by atoms with van der Waals surface area (Å²) >= 11 is 0. The Morgan fingerprint density at radius 1 is 1.53 bits per heavy atom. The Balaban J connectivity index is 2.79. The van der Waals surface area contributed by atoms with E-state index in [4.69, 9.17) is 10.8 Å². The number of hydrogen-bond donors (Lipinski definition) is 3. The third-order valence-electron chi connectivity index (χ3n) is 3.55. The first-order valence-electron chi connectivity index (χ1n) is 6.76. The van der Waals surface area contributed by atoms with Crippen molar-refractivity contribution in [1.82, 2.24) is 5.32 Å². The molecular formula is C14H24N2O3. The van der Waals surface area contributed by atoms with Crippen molar-refractivity contribution in [2.75, 3.05) is 0 Å². The van der Waals surface area contributed by atoms with Crippen LogP contribution in [0.3, 0.4) is 0 Å². The lowest BCUT2D eigenvalue weighted by Gasteiger charge is -2.35. The zero-order chi connectivity index (χ0) is 14.6. The van der Waals surface area contributed by atoms with Gasteiger partial charge < -0.3 is 16.2 Å². The van der Waals surface area contributed by atoms with E-state index in [0.717, 1.165) is 6.42 Å². The smallest absolute Gasteiger partial charge is 0.331 e. The monoisotopic (exact) mass is 268 g/mol. The molecule has 1 amide bonds. The highest BCUT2D eigenvalue weighted by Crippen LogP contribution is 2.28. The molecule has 108 valence electrons. The van der Waals surface area contributed by atoms with Crippen molar-refractivity contribution in [3.63, 3.8) is 0 Å². The summed E-state index contributed by atoms with van der Waals surface area (Å²) in [7, 11) is 0. The van der Waals surface area contributed by atoms with Crippen LogP contribution < -0.4 is 11.1 Å². The first-order valence-corrected chi connectivity index (χ1v) is 6.76. The number of carboxylic acid groups (broad SMARTS) is 1. The number of nitrogens with two attached hydrogens (primary N) is 1. The van der Waals surface area contributed by atoms with E-state index < -0.39 is 5.97 Å². The van der Waals surface area contributed by atoms with Gasteiger partial charge >= 0.3 is 5.97 Å². The fourth-order valence-electron chi connectivity index (χ4n) is 2.69. The Morgan fingerprint density at radius 2 is 2.16 bits per heavy atom. The Kier molecular flexibility index (Phi) is 5.54. The van der Waals surface area contributed by atoms with Crippen LogP contribution in [0.1, 0.15) is 40.0 Å². The number of hydrogen-bond acceptors (Lipinski definition) is 3. The van der Waals surface area contributed by atoms with Gasteiger partial charge in [-0.2, -0.15) is 0 Å². The van der Waals surface area contributed by atoms with Crippen molar-refractivity contribution < 1.29 is 14.7 Å². The second kappa shape index (κ2) is 6.70. The number of nitrogens with one attached hydrogen (secondary N) is 1. The molecular weight excluding hydrogens is 244 g/mol. The van der Waals surface area contributed by atoms with Gasteiger partial charge in [-0.3, -0.25) is 4.79 Å². The van der Waals surface area contributed by atoms with E-state index in [2.05, 4.69) is 19.2 Å². The molecule has 0 aliphatic heterocycles. The van der Waals surface area contributed by atoms with E-state index in [9.17, 15) is 9.59 Å². The topological polar surface area (TPSA) is 92.4 Å². The number of carboxylic acids is 1. The number of amides is 1. The molecule has 1 aliphatic rings. The van der Waals surface area contributed by atoms with Gasteiger partial charge in [-0.1, -0.05) is 19.9 Å². The summed E-state index contributed by atoms with van der Waals surface area (Å²) < 4.78 is 0. The van der Waals surface area contributed by atoms with Gasteiger partial charge in [0.25, 0.3) is 0 Å². The second-order valence-electron chi connectivity index (χ2n) is 5.74. The maximum atomic E-state index is 11.3. The lowest BCUT2D eigenvalue weighted by atomic mass is 9.78. The van der Waals surface area contributed by atoms with Crippen molar-refractivity contribution in [2.45, 2.75) is 52.1 Å². The van der Waals surface area contributed by atoms with Crippen molar-refractivity contribution in [3.8, 4) is 0 Å². The fraction of sp³-hybridized carbons (Fsp3) is 0.714. The van der Waals surface area contributed by atoms with Gasteiger partial charge in [0.05, 0.1) is 0 Å². The maximum Gasteiger partial charge on any atom is 0.331 e. The van der Waals surface area contributed by atoms with Crippen LogP contribution in [0.2, 0.25) is 0 Å². The molecule has 0 aromatic carbocycles. The number of carbonyl (C=O) groups excluding carboxylic acids is 1. The molecule has 3 atom stereocenters. The molecule has 0 spiro atoms. The van der Waals surface area contributed by atoms with Crippen molar-refractivity contribution in [3.05, 3.63) is 11.6 Å². The Bertz CT molecular complexity index is 377. The van der Waals surface area contributed by atoms with E-state index in [1.54, 1.807) is 6.08 Å². The first-order chi connectivity index (χ1) is 8.81. The SMILES string of the molecule is CC(=O)NC(CC(C)C)C1CC=C(C(=O)O)CC1N. The molecule has 0 fully saturated rings. The summed E-state index contributed by atoms with van der Waals surface area (Å²) in [6.45, 7) is 5.70. The van der Waals surface area contributed by atoms with Gasteiger partial charge in [-0.25, -0.2) is 4.79 Å². The van der Waals surface area contributed by atoms with Gasteiger partial charge in [0.15, 0.2) is 0 Å². The van der Waals surface area contributed by atoms with Crippen LogP contribution in [0.15, 0.2) is 11.6 Å². The molecule has 19 heavy (non-hydrogen) atoms. The van der Waals surface area contributed by atoms with E-state index in [0.29, 0.717) is 24.3 Å². The van der Waals surface area contributed by atoms with Crippen molar-refractivity contribution >= 4 is 11.9 Å². The average molecular weight is 268 g/mol. The summed E-state index contributed by atoms with van der Waals surface area (Å²) in [5.74, 6) is -0.400. The third kappa shape index (κ3) is 4.67. The second-order valence-corrected chi connectivity index (χ2v) is 5.74. The molecule has 1 aliphatic carbocycles. The normalized spacial score (nSPS) is 24.8. The molecule has 0 heterocycles. The zero-order valence-corrected chi connectivity index (χ0v) is 11.8.